The Hall–Kier alpha value is -2.69. The Balaban J connectivity index is 1.72. The molecule has 0 aliphatic carbocycles. The van der Waals surface area contributed by atoms with E-state index in [0.717, 1.165) is 11.1 Å². The molecule has 21 heavy (non-hydrogen) atoms. The van der Waals surface area contributed by atoms with Crippen LogP contribution in [0.1, 0.15) is 11.1 Å². The molecule has 0 atom stereocenters. The highest BCUT2D eigenvalue weighted by atomic mass is 16.6. The second-order valence-corrected chi connectivity index (χ2v) is 4.91. The molecule has 0 unspecified atom stereocenters. The van der Waals surface area contributed by atoms with Gasteiger partial charge in [-0.1, -0.05) is 30.3 Å². The number of amides is 1. The van der Waals surface area contributed by atoms with Crippen LogP contribution in [0.5, 0.6) is 11.5 Å². The number of carbonyl (C=O) groups is 1. The first kappa shape index (κ1) is 13.3. The van der Waals surface area contributed by atoms with Gasteiger partial charge in [0.25, 0.3) is 0 Å². The van der Waals surface area contributed by atoms with Crippen molar-refractivity contribution in [1.82, 2.24) is 0 Å². The first-order valence-electron chi connectivity index (χ1n) is 6.68. The number of aromatic hydroxyl groups is 2. The molecule has 0 saturated heterocycles. The van der Waals surface area contributed by atoms with Gasteiger partial charge in [-0.25, -0.2) is 4.79 Å². The molecule has 1 heterocycles. The molecule has 3 rings (SSSR count). The first-order valence-corrected chi connectivity index (χ1v) is 6.68. The number of carbonyl (C=O) groups excluding carboxylic acids is 1. The number of phenols is 2. The van der Waals surface area contributed by atoms with E-state index in [2.05, 4.69) is 0 Å². The number of hydrogen-bond acceptors (Lipinski definition) is 4. The van der Waals surface area contributed by atoms with Gasteiger partial charge in [-0.2, -0.15) is 0 Å². The van der Waals surface area contributed by atoms with Gasteiger partial charge in [-0.3, -0.25) is 4.90 Å². The molecule has 0 aromatic heterocycles. The van der Waals surface area contributed by atoms with E-state index in [9.17, 15) is 15.0 Å². The van der Waals surface area contributed by atoms with Crippen molar-refractivity contribution < 1.29 is 19.7 Å². The number of anilines is 1. The third-order valence-electron chi connectivity index (χ3n) is 3.50. The minimum absolute atomic E-state index is 0.173. The van der Waals surface area contributed by atoms with Crippen molar-refractivity contribution in [3.8, 4) is 11.5 Å². The number of rotatable bonds is 2. The van der Waals surface area contributed by atoms with Crippen LogP contribution in [0.25, 0.3) is 0 Å². The highest BCUT2D eigenvalue weighted by Crippen LogP contribution is 2.37. The quantitative estimate of drug-likeness (QED) is 0.832. The molecule has 0 fully saturated rings. The summed E-state index contributed by atoms with van der Waals surface area (Å²) >= 11 is 0. The molecule has 0 spiro atoms. The Labute approximate surface area is 122 Å². The van der Waals surface area contributed by atoms with E-state index in [1.165, 1.54) is 17.0 Å². The molecule has 5 nitrogen and oxygen atoms in total. The summed E-state index contributed by atoms with van der Waals surface area (Å²) in [5.41, 5.74) is 2.32. The van der Waals surface area contributed by atoms with Gasteiger partial charge < -0.3 is 14.9 Å². The van der Waals surface area contributed by atoms with Crippen LogP contribution in [-0.4, -0.2) is 22.9 Å². The van der Waals surface area contributed by atoms with Gasteiger partial charge in [0.1, 0.15) is 6.61 Å². The number of benzene rings is 2. The summed E-state index contributed by atoms with van der Waals surface area (Å²) in [6.45, 7) is 0.682. The summed E-state index contributed by atoms with van der Waals surface area (Å²) in [5, 5.41) is 19.0. The van der Waals surface area contributed by atoms with Crippen LogP contribution in [0.3, 0.4) is 0 Å². The smallest absolute Gasteiger partial charge is 0.414 e. The van der Waals surface area contributed by atoms with Crippen LogP contribution < -0.4 is 4.90 Å². The zero-order chi connectivity index (χ0) is 14.8. The van der Waals surface area contributed by atoms with Gasteiger partial charge in [0, 0.05) is 12.6 Å². The SMILES string of the molecule is O=C(OCc1ccccc1)N1CCc2cc(O)c(O)cc21. The summed E-state index contributed by atoms with van der Waals surface area (Å²) < 4.78 is 5.28. The van der Waals surface area contributed by atoms with Crippen LogP contribution in [0.4, 0.5) is 10.5 Å². The lowest BCUT2D eigenvalue weighted by atomic mass is 10.1. The normalized spacial score (nSPS) is 13.0. The molecule has 2 aromatic carbocycles. The minimum Gasteiger partial charge on any atom is -0.504 e. The Bertz CT molecular complexity index is 669. The molecule has 1 aliphatic heterocycles. The van der Waals surface area contributed by atoms with Gasteiger partial charge in [-0.15, -0.1) is 0 Å². The topological polar surface area (TPSA) is 70.0 Å². The predicted molar refractivity (Wildman–Crippen MR) is 77.4 cm³/mol. The van der Waals surface area contributed by atoms with Crippen LogP contribution in [0.2, 0.25) is 0 Å². The number of nitrogens with zero attached hydrogens (tertiary/aromatic N) is 1. The lowest BCUT2D eigenvalue weighted by Gasteiger charge is -2.17. The summed E-state index contributed by atoms with van der Waals surface area (Å²) in [6.07, 6.45) is 0.173. The third-order valence-corrected chi connectivity index (χ3v) is 3.50. The summed E-state index contributed by atoms with van der Waals surface area (Å²) in [4.78, 5) is 13.6. The van der Waals surface area contributed by atoms with Crippen molar-refractivity contribution in [3.05, 3.63) is 53.6 Å². The molecule has 0 radical (unpaired) electrons. The van der Waals surface area contributed by atoms with Gasteiger partial charge >= 0.3 is 6.09 Å². The summed E-state index contributed by atoms with van der Waals surface area (Å²) in [5.74, 6) is -0.412. The number of ether oxygens (including phenoxy) is 1. The first-order chi connectivity index (χ1) is 10.1. The van der Waals surface area contributed by atoms with E-state index in [4.69, 9.17) is 4.74 Å². The lowest BCUT2D eigenvalue weighted by Crippen LogP contribution is -2.29. The Morgan fingerprint density at radius 2 is 1.86 bits per heavy atom. The monoisotopic (exact) mass is 285 g/mol. The van der Waals surface area contributed by atoms with Gasteiger partial charge in [0.15, 0.2) is 11.5 Å². The molecule has 5 heteroatoms. The van der Waals surface area contributed by atoms with E-state index in [0.29, 0.717) is 18.7 Å². The fourth-order valence-corrected chi connectivity index (χ4v) is 2.40. The van der Waals surface area contributed by atoms with Crippen LogP contribution in [0.15, 0.2) is 42.5 Å². The zero-order valence-corrected chi connectivity index (χ0v) is 11.3. The maximum Gasteiger partial charge on any atom is 0.414 e. The zero-order valence-electron chi connectivity index (χ0n) is 11.3. The largest absolute Gasteiger partial charge is 0.504 e. The average molecular weight is 285 g/mol. The number of fused-ring (bicyclic) bond motifs is 1. The highest BCUT2D eigenvalue weighted by molar-refractivity contribution is 5.91. The van der Waals surface area contributed by atoms with E-state index < -0.39 is 6.09 Å². The number of phenolic OH excluding ortho intramolecular Hbond substituents is 2. The molecule has 2 aromatic rings. The maximum absolute atomic E-state index is 12.1. The Kier molecular flexibility index (Phi) is 3.39. The van der Waals surface area contributed by atoms with Crippen molar-refractivity contribution in [1.29, 1.82) is 0 Å². The molecular weight excluding hydrogens is 270 g/mol. The second-order valence-electron chi connectivity index (χ2n) is 4.91. The van der Waals surface area contributed by atoms with Crippen molar-refractivity contribution in [3.63, 3.8) is 0 Å². The van der Waals surface area contributed by atoms with Crippen molar-refractivity contribution in [2.75, 3.05) is 11.4 Å². The molecule has 108 valence electrons. The molecule has 1 aliphatic rings. The molecule has 2 N–H and O–H groups in total. The van der Waals surface area contributed by atoms with E-state index in [1.807, 2.05) is 30.3 Å². The van der Waals surface area contributed by atoms with Crippen molar-refractivity contribution in [2.24, 2.45) is 0 Å². The number of hydrogen-bond donors (Lipinski definition) is 2. The van der Waals surface area contributed by atoms with E-state index >= 15 is 0 Å². The van der Waals surface area contributed by atoms with Gasteiger partial charge in [0.2, 0.25) is 0 Å². The predicted octanol–water partition coefficient (Wildman–Crippen LogP) is 2.80. The average Bonchev–Trinajstić information content (AvgIpc) is 2.89. The third kappa shape index (κ3) is 2.63. The second kappa shape index (κ2) is 5.36. The van der Waals surface area contributed by atoms with Crippen molar-refractivity contribution in [2.45, 2.75) is 13.0 Å². The Morgan fingerprint density at radius 1 is 1.14 bits per heavy atom. The molecule has 1 amide bonds. The summed E-state index contributed by atoms with van der Waals surface area (Å²) in [7, 11) is 0. The van der Waals surface area contributed by atoms with Gasteiger partial charge in [0.05, 0.1) is 5.69 Å². The Morgan fingerprint density at radius 3 is 2.62 bits per heavy atom. The van der Waals surface area contributed by atoms with Crippen LogP contribution >= 0.6 is 0 Å². The van der Waals surface area contributed by atoms with Crippen LogP contribution in [-0.2, 0) is 17.8 Å². The van der Waals surface area contributed by atoms with E-state index in [-0.39, 0.29) is 18.1 Å². The molecule has 0 bridgehead atoms. The van der Waals surface area contributed by atoms with E-state index in [1.54, 1.807) is 0 Å². The summed E-state index contributed by atoms with van der Waals surface area (Å²) in [6, 6.07) is 12.3. The minimum atomic E-state index is -0.456. The molecule has 0 saturated carbocycles. The highest BCUT2D eigenvalue weighted by Gasteiger charge is 2.27. The maximum atomic E-state index is 12.1. The molecular formula is C16H15NO4. The van der Waals surface area contributed by atoms with Crippen molar-refractivity contribution >= 4 is 11.8 Å². The fourth-order valence-electron chi connectivity index (χ4n) is 2.40. The fraction of sp³-hybridized carbons (Fsp3) is 0.188. The van der Waals surface area contributed by atoms with Crippen LogP contribution in [0, 0.1) is 0 Å². The van der Waals surface area contributed by atoms with Gasteiger partial charge in [-0.05, 0) is 23.6 Å². The lowest BCUT2D eigenvalue weighted by molar-refractivity contribution is 0.147. The standard InChI is InChI=1S/C16H15NO4/c18-14-8-12-6-7-17(13(12)9-15(14)19)16(20)21-10-11-4-2-1-3-5-11/h1-5,8-9,18-19H,6-7,10H2.